The van der Waals surface area contributed by atoms with Crippen LogP contribution in [0.5, 0.6) is 11.6 Å². The Hall–Kier alpha value is -2.18. The second-order valence-corrected chi connectivity index (χ2v) is 7.33. The molecule has 2 fully saturated rings. The summed E-state index contributed by atoms with van der Waals surface area (Å²) in [4.78, 5) is 9.03. The van der Waals surface area contributed by atoms with Gasteiger partial charge in [0, 0.05) is 11.8 Å². The summed E-state index contributed by atoms with van der Waals surface area (Å²) in [6, 6.07) is 7.80. The van der Waals surface area contributed by atoms with E-state index in [-0.39, 0.29) is 11.7 Å². The van der Waals surface area contributed by atoms with Gasteiger partial charge >= 0.3 is 0 Å². The number of hydrogen-bond donors (Lipinski definition) is 0. The van der Waals surface area contributed by atoms with Crippen molar-refractivity contribution in [2.75, 3.05) is 20.3 Å². The second kappa shape index (κ2) is 7.44. The van der Waals surface area contributed by atoms with Crippen LogP contribution in [0.1, 0.15) is 38.7 Å². The third-order valence-corrected chi connectivity index (χ3v) is 5.15. The molecular formula is C21H26N2O4. The molecular weight excluding hydrogens is 344 g/mol. The van der Waals surface area contributed by atoms with Gasteiger partial charge in [0.05, 0.1) is 25.4 Å². The molecule has 2 aromatic rings. The van der Waals surface area contributed by atoms with Crippen molar-refractivity contribution in [1.29, 1.82) is 0 Å². The highest BCUT2D eigenvalue weighted by Crippen LogP contribution is 2.42. The molecule has 6 heteroatoms. The smallest absolute Gasteiger partial charge is 0.222 e. The van der Waals surface area contributed by atoms with E-state index in [1.807, 2.05) is 31.2 Å². The summed E-state index contributed by atoms with van der Waals surface area (Å²) in [6.07, 6.45) is 5.95. The summed E-state index contributed by atoms with van der Waals surface area (Å²) in [5, 5.41) is 0. The first-order valence-corrected chi connectivity index (χ1v) is 9.57. The number of hydrogen-bond acceptors (Lipinski definition) is 6. The van der Waals surface area contributed by atoms with Crippen molar-refractivity contribution < 1.29 is 18.9 Å². The lowest BCUT2D eigenvalue weighted by molar-refractivity contribution is 0.259. The zero-order valence-corrected chi connectivity index (χ0v) is 16.1. The average Bonchev–Trinajstić information content (AvgIpc) is 3.62. The topological polar surface area (TPSA) is 69.3 Å². The molecule has 0 spiro atoms. The van der Waals surface area contributed by atoms with E-state index in [0.29, 0.717) is 31.0 Å². The molecule has 2 aliphatic rings. The number of nitrogens with zero attached hydrogens (tertiary/aromatic N) is 2. The van der Waals surface area contributed by atoms with E-state index < -0.39 is 0 Å². The van der Waals surface area contributed by atoms with Gasteiger partial charge in [0.2, 0.25) is 5.88 Å². The lowest BCUT2D eigenvalue weighted by Crippen LogP contribution is -2.08. The first-order valence-electron chi connectivity index (χ1n) is 9.57. The molecule has 2 saturated heterocycles. The standard InChI is InChI=1S/C21H26N2O4/c1-4-5-6-17-18(27-17)12-25-15-9-7-14(8-10-15)19-22-11-16(20(23-19)24-3)21(2)13-26-21/h7-11,17-18H,4-6,12-13H2,1-3H3/t17-,18-,21-/m0/s1. The molecule has 3 atom stereocenters. The number of aromatic nitrogens is 2. The molecule has 1 aromatic heterocycles. The van der Waals surface area contributed by atoms with Crippen LogP contribution in [0.2, 0.25) is 0 Å². The van der Waals surface area contributed by atoms with E-state index >= 15 is 0 Å². The maximum absolute atomic E-state index is 5.84. The highest BCUT2D eigenvalue weighted by atomic mass is 16.6. The summed E-state index contributed by atoms with van der Waals surface area (Å²) in [5.74, 6) is 2.01. The highest BCUT2D eigenvalue weighted by molar-refractivity contribution is 5.57. The Labute approximate surface area is 159 Å². The normalized spacial score (nSPS) is 25.9. The maximum Gasteiger partial charge on any atom is 0.222 e. The van der Waals surface area contributed by atoms with Gasteiger partial charge in [-0.25, -0.2) is 4.98 Å². The van der Waals surface area contributed by atoms with Crippen LogP contribution in [-0.4, -0.2) is 42.5 Å². The van der Waals surface area contributed by atoms with Gasteiger partial charge in [0.15, 0.2) is 5.82 Å². The zero-order valence-electron chi connectivity index (χ0n) is 16.1. The van der Waals surface area contributed by atoms with Crippen molar-refractivity contribution in [1.82, 2.24) is 9.97 Å². The molecule has 0 aliphatic carbocycles. The Morgan fingerprint density at radius 3 is 2.67 bits per heavy atom. The minimum atomic E-state index is -0.318. The van der Waals surface area contributed by atoms with Crippen molar-refractivity contribution in [3.63, 3.8) is 0 Å². The molecule has 1 aromatic carbocycles. The van der Waals surface area contributed by atoms with Crippen LogP contribution >= 0.6 is 0 Å². The first kappa shape index (κ1) is 18.2. The Bertz CT molecular complexity index is 789. The molecule has 4 rings (SSSR count). The largest absolute Gasteiger partial charge is 0.491 e. The summed E-state index contributed by atoms with van der Waals surface area (Å²) < 4.78 is 22.4. The Balaban J connectivity index is 1.38. The van der Waals surface area contributed by atoms with Crippen LogP contribution in [0.3, 0.4) is 0 Å². The zero-order chi connectivity index (χ0) is 18.9. The van der Waals surface area contributed by atoms with Crippen LogP contribution in [0.15, 0.2) is 30.5 Å². The van der Waals surface area contributed by atoms with Crippen LogP contribution in [0.25, 0.3) is 11.4 Å². The van der Waals surface area contributed by atoms with Gasteiger partial charge in [-0.3, -0.25) is 0 Å². The van der Waals surface area contributed by atoms with E-state index in [4.69, 9.17) is 18.9 Å². The fourth-order valence-electron chi connectivity index (χ4n) is 3.15. The SMILES string of the molecule is CCCC[C@@H]1O[C@H]1COc1ccc(-c2ncc([C@]3(C)CO3)c(OC)n2)cc1. The summed E-state index contributed by atoms with van der Waals surface area (Å²) in [6.45, 7) is 5.48. The van der Waals surface area contributed by atoms with Gasteiger partial charge in [0.1, 0.15) is 24.1 Å². The second-order valence-electron chi connectivity index (χ2n) is 7.33. The van der Waals surface area contributed by atoms with Crippen molar-refractivity contribution in [2.45, 2.75) is 50.9 Å². The number of benzene rings is 1. The van der Waals surface area contributed by atoms with Crippen LogP contribution in [-0.2, 0) is 15.1 Å². The lowest BCUT2D eigenvalue weighted by Gasteiger charge is -2.11. The first-order chi connectivity index (χ1) is 13.1. The van der Waals surface area contributed by atoms with E-state index in [1.165, 1.54) is 12.8 Å². The quantitative estimate of drug-likeness (QED) is 0.627. The number of epoxide rings is 2. The average molecular weight is 370 g/mol. The number of ether oxygens (including phenoxy) is 4. The van der Waals surface area contributed by atoms with Gasteiger partial charge in [-0.05, 0) is 37.6 Å². The van der Waals surface area contributed by atoms with Gasteiger partial charge in [-0.2, -0.15) is 4.98 Å². The molecule has 0 unspecified atom stereocenters. The molecule has 0 bridgehead atoms. The Morgan fingerprint density at radius 1 is 1.22 bits per heavy atom. The van der Waals surface area contributed by atoms with Gasteiger partial charge < -0.3 is 18.9 Å². The minimum absolute atomic E-state index is 0.238. The van der Waals surface area contributed by atoms with Crippen LogP contribution in [0.4, 0.5) is 0 Å². The molecule has 0 radical (unpaired) electrons. The maximum atomic E-state index is 5.84. The molecule has 144 valence electrons. The van der Waals surface area contributed by atoms with Crippen LogP contribution < -0.4 is 9.47 Å². The monoisotopic (exact) mass is 370 g/mol. The summed E-state index contributed by atoms with van der Waals surface area (Å²) >= 11 is 0. The van der Waals surface area contributed by atoms with Crippen molar-refractivity contribution in [3.8, 4) is 23.0 Å². The molecule has 0 amide bonds. The number of methoxy groups -OCH3 is 1. The van der Waals surface area contributed by atoms with Crippen molar-refractivity contribution in [2.24, 2.45) is 0 Å². The Kier molecular flexibility index (Phi) is 5.02. The molecule has 0 N–H and O–H groups in total. The Morgan fingerprint density at radius 2 is 2.00 bits per heavy atom. The van der Waals surface area contributed by atoms with Gasteiger partial charge in [0.25, 0.3) is 0 Å². The van der Waals surface area contributed by atoms with Crippen LogP contribution in [0, 0.1) is 0 Å². The minimum Gasteiger partial charge on any atom is -0.491 e. The lowest BCUT2D eigenvalue weighted by atomic mass is 10.1. The number of unbranched alkanes of at least 4 members (excludes halogenated alkanes) is 1. The van der Waals surface area contributed by atoms with Gasteiger partial charge in [-0.1, -0.05) is 19.8 Å². The molecule has 2 aliphatic heterocycles. The van der Waals surface area contributed by atoms with E-state index in [2.05, 4.69) is 16.9 Å². The fraction of sp³-hybridized carbons (Fsp3) is 0.524. The number of rotatable bonds is 9. The van der Waals surface area contributed by atoms with E-state index in [1.54, 1.807) is 13.3 Å². The highest BCUT2D eigenvalue weighted by Gasteiger charge is 2.44. The van der Waals surface area contributed by atoms with Gasteiger partial charge in [-0.15, -0.1) is 0 Å². The van der Waals surface area contributed by atoms with Crippen molar-refractivity contribution >= 4 is 0 Å². The molecule has 6 nitrogen and oxygen atoms in total. The van der Waals surface area contributed by atoms with Crippen molar-refractivity contribution in [3.05, 3.63) is 36.0 Å². The molecule has 3 heterocycles. The molecule has 27 heavy (non-hydrogen) atoms. The summed E-state index contributed by atoms with van der Waals surface area (Å²) in [7, 11) is 1.62. The van der Waals surface area contributed by atoms with E-state index in [9.17, 15) is 0 Å². The predicted octanol–water partition coefficient (Wildman–Crippen LogP) is 3.73. The summed E-state index contributed by atoms with van der Waals surface area (Å²) in [5.41, 5.74) is 1.48. The third kappa shape index (κ3) is 4.06. The van der Waals surface area contributed by atoms with E-state index in [0.717, 1.165) is 23.3 Å². The molecule has 0 saturated carbocycles. The predicted molar refractivity (Wildman–Crippen MR) is 101 cm³/mol. The fourth-order valence-corrected chi connectivity index (χ4v) is 3.15. The third-order valence-electron chi connectivity index (χ3n) is 5.15.